The molecule has 1 unspecified atom stereocenters. The zero-order valence-corrected chi connectivity index (χ0v) is 15.8. The molecule has 4 aromatic rings. The Morgan fingerprint density at radius 1 is 1.00 bits per heavy atom. The number of nitrogens with zero attached hydrogens (tertiary/aromatic N) is 3. The normalized spacial score (nSPS) is 11.9. The summed E-state index contributed by atoms with van der Waals surface area (Å²) in [7, 11) is 0. The number of fused-ring (bicyclic) bond motifs is 1. The molecule has 0 aliphatic heterocycles. The van der Waals surface area contributed by atoms with Crippen molar-refractivity contribution in [2.45, 2.75) is 19.9 Å². The highest BCUT2D eigenvalue weighted by molar-refractivity contribution is 5.96. The van der Waals surface area contributed by atoms with Crippen LogP contribution in [0.4, 0.5) is 0 Å². The lowest BCUT2D eigenvalue weighted by molar-refractivity contribution is 0.0939. The summed E-state index contributed by atoms with van der Waals surface area (Å²) in [6, 6.07) is 17.3. The van der Waals surface area contributed by atoms with E-state index in [1.165, 1.54) is 6.33 Å². The van der Waals surface area contributed by atoms with Crippen LogP contribution in [0.3, 0.4) is 0 Å². The topological polar surface area (TPSA) is 67.8 Å². The highest BCUT2D eigenvalue weighted by Crippen LogP contribution is 2.28. The molecule has 0 saturated heterocycles. The number of carbonyl (C=O) groups is 1. The number of hydrogen-bond acceptors (Lipinski definition) is 4. The molecule has 2 aromatic carbocycles. The number of para-hydroxylation sites is 1. The van der Waals surface area contributed by atoms with Crippen molar-refractivity contribution in [3.63, 3.8) is 0 Å². The Labute approximate surface area is 163 Å². The van der Waals surface area contributed by atoms with E-state index >= 15 is 0 Å². The highest BCUT2D eigenvalue weighted by Gasteiger charge is 2.17. The van der Waals surface area contributed by atoms with Crippen LogP contribution in [0, 0.1) is 6.92 Å². The van der Waals surface area contributed by atoms with Crippen molar-refractivity contribution in [2.24, 2.45) is 0 Å². The molecule has 0 radical (unpaired) electrons. The van der Waals surface area contributed by atoms with Gasteiger partial charge in [-0.3, -0.25) is 4.79 Å². The third-order valence-electron chi connectivity index (χ3n) is 4.81. The summed E-state index contributed by atoms with van der Waals surface area (Å²) < 4.78 is 0. The second kappa shape index (κ2) is 7.56. The largest absolute Gasteiger partial charge is 0.345 e. The van der Waals surface area contributed by atoms with E-state index in [-0.39, 0.29) is 11.9 Å². The van der Waals surface area contributed by atoms with Gasteiger partial charge >= 0.3 is 0 Å². The van der Waals surface area contributed by atoms with E-state index in [0.717, 1.165) is 33.3 Å². The molecule has 1 atom stereocenters. The number of carbonyl (C=O) groups excluding carboxylic acids is 1. The molecular formula is C23H20N4O. The second-order valence-corrected chi connectivity index (χ2v) is 6.75. The smallest absolute Gasteiger partial charge is 0.252 e. The molecule has 0 fully saturated rings. The van der Waals surface area contributed by atoms with Crippen LogP contribution in [0.25, 0.3) is 22.2 Å². The quantitative estimate of drug-likeness (QED) is 0.576. The first-order chi connectivity index (χ1) is 13.6. The molecule has 0 saturated carbocycles. The van der Waals surface area contributed by atoms with Crippen LogP contribution in [0.2, 0.25) is 0 Å². The summed E-state index contributed by atoms with van der Waals surface area (Å²) in [5, 5.41) is 4.14. The van der Waals surface area contributed by atoms with Crippen molar-refractivity contribution in [1.29, 1.82) is 0 Å². The van der Waals surface area contributed by atoms with Gasteiger partial charge in [0.15, 0.2) is 0 Å². The highest BCUT2D eigenvalue weighted by atomic mass is 16.1. The van der Waals surface area contributed by atoms with E-state index in [2.05, 4.69) is 15.3 Å². The van der Waals surface area contributed by atoms with E-state index in [9.17, 15) is 4.79 Å². The van der Waals surface area contributed by atoms with Crippen LogP contribution < -0.4 is 5.32 Å². The van der Waals surface area contributed by atoms with E-state index in [1.54, 1.807) is 12.4 Å². The summed E-state index contributed by atoms with van der Waals surface area (Å²) in [6.45, 7) is 3.93. The SMILES string of the molecule is Cc1ccccc1C(=O)NC(C)c1cc(-c2cncnc2)nc2ccccc12. The van der Waals surface area contributed by atoms with Gasteiger partial charge < -0.3 is 5.32 Å². The third kappa shape index (κ3) is 3.47. The first kappa shape index (κ1) is 17.8. The first-order valence-corrected chi connectivity index (χ1v) is 9.15. The van der Waals surface area contributed by atoms with Gasteiger partial charge in [0.1, 0.15) is 6.33 Å². The summed E-state index contributed by atoms with van der Waals surface area (Å²) in [4.78, 5) is 25.7. The van der Waals surface area contributed by atoms with E-state index < -0.39 is 0 Å². The summed E-state index contributed by atoms with van der Waals surface area (Å²) in [6.07, 6.45) is 4.98. The minimum atomic E-state index is -0.191. The predicted molar refractivity (Wildman–Crippen MR) is 110 cm³/mol. The molecule has 0 spiro atoms. The fraction of sp³-hybridized carbons (Fsp3) is 0.130. The van der Waals surface area contributed by atoms with Crippen LogP contribution in [0.15, 0.2) is 73.3 Å². The lowest BCUT2D eigenvalue weighted by Crippen LogP contribution is -2.27. The Bertz CT molecular complexity index is 1140. The van der Waals surface area contributed by atoms with Crippen molar-refractivity contribution in [2.75, 3.05) is 0 Å². The van der Waals surface area contributed by atoms with E-state index in [1.807, 2.05) is 68.4 Å². The van der Waals surface area contributed by atoms with Gasteiger partial charge in [0.2, 0.25) is 0 Å². The maximum Gasteiger partial charge on any atom is 0.252 e. The fourth-order valence-electron chi connectivity index (χ4n) is 3.32. The maximum atomic E-state index is 12.8. The van der Waals surface area contributed by atoms with Crippen molar-refractivity contribution in [3.05, 3.63) is 90.0 Å². The molecule has 28 heavy (non-hydrogen) atoms. The van der Waals surface area contributed by atoms with Crippen LogP contribution in [-0.2, 0) is 0 Å². The lowest BCUT2D eigenvalue weighted by atomic mass is 9.99. The molecule has 138 valence electrons. The third-order valence-corrected chi connectivity index (χ3v) is 4.81. The average molecular weight is 368 g/mol. The molecule has 2 aromatic heterocycles. The molecule has 2 heterocycles. The molecule has 0 aliphatic carbocycles. The van der Waals surface area contributed by atoms with E-state index in [0.29, 0.717) is 5.56 Å². The minimum Gasteiger partial charge on any atom is -0.345 e. The van der Waals surface area contributed by atoms with Gasteiger partial charge in [0, 0.05) is 28.9 Å². The summed E-state index contributed by atoms with van der Waals surface area (Å²) >= 11 is 0. The molecule has 5 nitrogen and oxygen atoms in total. The molecular weight excluding hydrogens is 348 g/mol. The lowest BCUT2D eigenvalue weighted by Gasteiger charge is -2.18. The average Bonchev–Trinajstić information content (AvgIpc) is 2.73. The number of pyridine rings is 1. The summed E-state index contributed by atoms with van der Waals surface area (Å²) in [5.41, 5.74) is 5.14. The van der Waals surface area contributed by atoms with Crippen LogP contribution in [0.1, 0.15) is 34.5 Å². The zero-order valence-electron chi connectivity index (χ0n) is 15.8. The molecule has 1 amide bonds. The predicted octanol–water partition coefficient (Wildman–Crippen LogP) is 4.49. The Morgan fingerprint density at radius 2 is 1.71 bits per heavy atom. The Morgan fingerprint density at radius 3 is 2.50 bits per heavy atom. The van der Waals surface area contributed by atoms with Gasteiger partial charge in [-0.1, -0.05) is 36.4 Å². The molecule has 0 bridgehead atoms. The van der Waals surface area contributed by atoms with Crippen LogP contribution in [-0.4, -0.2) is 20.9 Å². The number of rotatable bonds is 4. The maximum absolute atomic E-state index is 12.8. The van der Waals surface area contributed by atoms with Crippen LogP contribution >= 0.6 is 0 Å². The second-order valence-electron chi connectivity index (χ2n) is 6.75. The molecule has 5 heteroatoms. The first-order valence-electron chi connectivity index (χ1n) is 9.15. The Kier molecular flexibility index (Phi) is 4.81. The van der Waals surface area contributed by atoms with Gasteiger partial charge in [-0.25, -0.2) is 15.0 Å². The van der Waals surface area contributed by atoms with Gasteiger partial charge in [0.25, 0.3) is 5.91 Å². The Hall–Kier alpha value is -3.60. The summed E-state index contributed by atoms with van der Waals surface area (Å²) in [5.74, 6) is -0.0870. The molecule has 1 N–H and O–H groups in total. The number of aromatic nitrogens is 3. The van der Waals surface area contributed by atoms with Crippen molar-refractivity contribution in [1.82, 2.24) is 20.3 Å². The van der Waals surface area contributed by atoms with Gasteiger partial charge in [-0.05, 0) is 43.2 Å². The Balaban J connectivity index is 1.74. The standard InChI is InChI=1S/C23H20N4O/c1-15-7-3-4-8-18(15)23(28)26-16(2)20-11-22(17-12-24-14-25-13-17)27-21-10-6-5-9-19(20)21/h3-14,16H,1-2H3,(H,26,28). The molecule has 0 aliphatic rings. The minimum absolute atomic E-state index is 0.0870. The van der Waals surface area contributed by atoms with Gasteiger partial charge in [0.05, 0.1) is 17.3 Å². The monoisotopic (exact) mass is 368 g/mol. The van der Waals surface area contributed by atoms with Gasteiger partial charge in [-0.2, -0.15) is 0 Å². The number of hydrogen-bond donors (Lipinski definition) is 1. The van der Waals surface area contributed by atoms with Gasteiger partial charge in [-0.15, -0.1) is 0 Å². The van der Waals surface area contributed by atoms with Crippen LogP contribution in [0.5, 0.6) is 0 Å². The zero-order chi connectivity index (χ0) is 19.5. The number of aryl methyl sites for hydroxylation is 1. The fourth-order valence-corrected chi connectivity index (χ4v) is 3.32. The van der Waals surface area contributed by atoms with E-state index in [4.69, 9.17) is 4.98 Å². The van der Waals surface area contributed by atoms with Crippen molar-refractivity contribution in [3.8, 4) is 11.3 Å². The molecule has 4 rings (SSSR count). The van der Waals surface area contributed by atoms with Crippen molar-refractivity contribution >= 4 is 16.8 Å². The number of nitrogens with one attached hydrogen (secondary N) is 1. The number of amides is 1. The number of benzene rings is 2. The van der Waals surface area contributed by atoms with Crippen molar-refractivity contribution < 1.29 is 4.79 Å².